The largest absolute Gasteiger partial charge is 0.313 e. The van der Waals surface area contributed by atoms with E-state index in [1.807, 2.05) is 30.9 Å². The minimum absolute atomic E-state index is 0.334. The summed E-state index contributed by atoms with van der Waals surface area (Å²) < 4.78 is 0. The summed E-state index contributed by atoms with van der Waals surface area (Å²) in [6.07, 6.45) is 1.11. The Morgan fingerprint density at radius 3 is 2.80 bits per heavy atom. The first-order valence-corrected chi connectivity index (χ1v) is 6.87. The van der Waals surface area contributed by atoms with Crippen molar-refractivity contribution >= 4 is 35.0 Å². The summed E-state index contributed by atoms with van der Waals surface area (Å²) in [5, 5.41) is 4.98. The number of hydrogen-bond donors (Lipinski definition) is 1. The standard InChI is InChI=1S/C11H13Cl2NS/c1-14-10-4-5-15-6-7-8(12)2-3-9(13)11(7)10/h2-3,10,14H,4-6H2,1H3. The number of thioether (sulfide) groups is 1. The average molecular weight is 262 g/mol. The van der Waals surface area contributed by atoms with Crippen LogP contribution in [0.15, 0.2) is 12.1 Å². The van der Waals surface area contributed by atoms with Crippen LogP contribution in [0.5, 0.6) is 0 Å². The van der Waals surface area contributed by atoms with Crippen LogP contribution in [0.4, 0.5) is 0 Å². The summed E-state index contributed by atoms with van der Waals surface area (Å²) >= 11 is 14.4. The molecule has 0 radical (unpaired) electrons. The summed E-state index contributed by atoms with van der Waals surface area (Å²) in [6.45, 7) is 0. The van der Waals surface area contributed by atoms with Crippen LogP contribution in [-0.4, -0.2) is 12.8 Å². The summed E-state index contributed by atoms with van der Waals surface area (Å²) in [5.41, 5.74) is 2.39. The minimum Gasteiger partial charge on any atom is -0.313 e. The van der Waals surface area contributed by atoms with E-state index in [1.165, 1.54) is 11.1 Å². The first-order valence-electron chi connectivity index (χ1n) is 4.96. The fourth-order valence-corrected chi connectivity index (χ4v) is 3.62. The van der Waals surface area contributed by atoms with Gasteiger partial charge in [0.2, 0.25) is 0 Å². The van der Waals surface area contributed by atoms with Gasteiger partial charge in [-0.2, -0.15) is 11.8 Å². The lowest BCUT2D eigenvalue weighted by molar-refractivity contribution is 0.581. The van der Waals surface area contributed by atoms with E-state index in [0.717, 1.165) is 28.0 Å². The molecule has 4 heteroatoms. The van der Waals surface area contributed by atoms with E-state index in [0.29, 0.717) is 6.04 Å². The van der Waals surface area contributed by atoms with E-state index in [4.69, 9.17) is 23.2 Å². The predicted molar refractivity (Wildman–Crippen MR) is 69.0 cm³/mol. The van der Waals surface area contributed by atoms with Gasteiger partial charge in [-0.25, -0.2) is 0 Å². The molecule has 1 unspecified atom stereocenters. The van der Waals surface area contributed by atoms with E-state index in [9.17, 15) is 0 Å². The molecule has 0 saturated heterocycles. The molecule has 1 aromatic rings. The van der Waals surface area contributed by atoms with Crippen molar-refractivity contribution < 1.29 is 0 Å². The SMILES string of the molecule is CNC1CCSCc2c(Cl)ccc(Cl)c21. The van der Waals surface area contributed by atoms with E-state index in [2.05, 4.69) is 5.32 Å². The first-order chi connectivity index (χ1) is 7.24. The van der Waals surface area contributed by atoms with Crippen LogP contribution in [0.25, 0.3) is 0 Å². The predicted octanol–water partition coefficient (Wildman–Crippen LogP) is 3.89. The average Bonchev–Trinajstić information content (AvgIpc) is 2.46. The number of nitrogens with one attached hydrogen (secondary N) is 1. The summed E-state index contributed by atoms with van der Waals surface area (Å²) in [4.78, 5) is 0. The lowest BCUT2D eigenvalue weighted by Crippen LogP contribution is -2.17. The van der Waals surface area contributed by atoms with E-state index >= 15 is 0 Å². The van der Waals surface area contributed by atoms with Crippen LogP contribution >= 0.6 is 35.0 Å². The first kappa shape index (κ1) is 11.6. The van der Waals surface area contributed by atoms with Gasteiger partial charge in [0, 0.05) is 21.8 Å². The molecule has 1 aliphatic rings. The lowest BCUT2D eigenvalue weighted by Gasteiger charge is -2.18. The van der Waals surface area contributed by atoms with Crippen LogP contribution in [-0.2, 0) is 5.75 Å². The van der Waals surface area contributed by atoms with Crippen molar-refractivity contribution in [3.8, 4) is 0 Å². The highest BCUT2D eigenvalue weighted by Crippen LogP contribution is 2.38. The molecule has 0 aliphatic carbocycles. The molecule has 0 spiro atoms. The molecule has 1 aliphatic heterocycles. The molecular formula is C11H13Cl2NS. The molecule has 15 heavy (non-hydrogen) atoms. The third-order valence-corrected chi connectivity index (χ3v) is 4.44. The molecule has 2 rings (SSSR count). The van der Waals surface area contributed by atoms with Gasteiger partial charge in [0.25, 0.3) is 0 Å². The molecule has 1 aromatic carbocycles. The van der Waals surface area contributed by atoms with Crippen molar-refractivity contribution in [3.63, 3.8) is 0 Å². The Hall–Kier alpha value is 0.110. The van der Waals surface area contributed by atoms with E-state index < -0.39 is 0 Å². The zero-order valence-electron chi connectivity index (χ0n) is 8.52. The van der Waals surface area contributed by atoms with Crippen LogP contribution in [0.3, 0.4) is 0 Å². The van der Waals surface area contributed by atoms with Gasteiger partial charge in [-0.05, 0) is 42.5 Å². The summed E-state index contributed by atoms with van der Waals surface area (Å²) in [5.74, 6) is 2.11. The fourth-order valence-electron chi connectivity index (χ4n) is 1.94. The Morgan fingerprint density at radius 1 is 1.33 bits per heavy atom. The highest BCUT2D eigenvalue weighted by molar-refractivity contribution is 7.98. The second-order valence-electron chi connectivity index (χ2n) is 3.60. The molecule has 1 heterocycles. The molecule has 82 valence electrons. The van der Waals surface area contributed by atoms with Crippen LogP contribution in [0, 0.1) is 0 Å². The topological polar surface area (TPSA) is 12.0 Å². The number of fused-ring (bicyclic) bond motifs is 1. The maximum Gasteiger partial charge on any atom is 0.0457 e. The van der Waals surface area contributed by atoms with E-state index in [-0.39, 0.29) is 0 Å². The van der Waals surface area contributed by atoms with Gasteiger partial charge in [0.1, 0.15) is 0 Å². The smallest absolute Gasteiger partial charge is 0.0457 e. The third-order valence-electron chi connectivity index (χ3n) is 2.74. The van der Waals surface area contributed by atoms with Crippen LogP contribution < -0.4 is 5.32 Å². The Labute approximate surface area is 105 Å². The van der Waals surface area contributed by atoms with Crippen LogP contribution in [0.2, 0.25) is 10.0 Å². The number of benzene rings is 1. The molecule has 0 amide bonds. The normalized spacial score (nSPS) is 20.9. The summed E-state index contributed by atoms with van der Waals surface area (Å²) in [6, 6.07) is 4.12. The third kappa shape index (κ3) is 2.28. The van der Waals surface area contributed by atoms with Crippen molar-refractivity contribution in [3.05, 3.63) is 33.3 Å². The minimum atomic E-state index is 0.334. The van der Waals surface area contributed by atoms with Gasteiger partial charge in [-0.15, -0.1) is 0 Å². The van der Waals surface area contributed by atoms with Crippen LogP contribution in [0.1, 0.15) is 23.6 Å². The van der Waals surface area contributed by atoms with Gasteiger partial charge in [-0.3, -0.25) is 0 Å². The lowest BCUT2D eigenvalue weighted by atomic mass is 9.99. The number of halogens is 2. The maximum absolute atomic E-state index is 6.25. The molecule has 0 bridgehead atoms. The van der Waals surface area contributed by atoms with Gasteiger partial charge >= 0.3 is 0 Å². The Balaban J connectivity index is 2.54. The molecule has 1 N–H and O–H groups in total. The Morgan fingerprint density at radius 2 is 2.07 bits per heavy atom. The summed E-state index contributed by atoms with van der Waals surface area (Å²) in [7, 11) is 1.97. The Bertz CT molecular complexity index is 368. The molecule has 0 saturated carbocycles. The number of rotatable bonds is 1. The fraction of sp³-hybridized carbons (Fsp3) is 0.455. The van der Waals surface area contributed by atoms with Gasteiger partial charge in [0.15, 0.2) is 0 Å². The molecule has 1 atom stereocenters. The quantitative estimate of drug-likeness (QED) is 0.824. The highest BCUT2D eigenvalue weighted by atomic mass is 35.5. The molecule has 0 fully saturated rings. The van der Waals surface area contributed by atoms with E-state index in [1.54, 1.807) is 0 Å². The second kappa shape index (κ2) is 4.96. The zero-order chi connectivity index (χ0) is 10.8. The van der Waals surface area contributed by atoms with Crippen molar-refractivity contribution in [2.24, 2.45) is 0 Å². The molecular weight excluding hydrogens is 249 g/mol. The Kier molecular flexibility index (Phi) is 3.83. The number of hydrogen-bond acceptors (Lipinski definition) is 2. The van der Waals surface area contributed by atoms with Gasteiger partial charge < -0.3 is 5.32 Å². The zero-order valence-corrected chi connectivity index (χ0v) is 10.8. The molecule has 1 nitrogen and oxygen atoms in total. The second-order valence-corrected chi connectivity index (χ2v) is 5.52. The van der Waals surface area contributed by atoms with Crippen molar-refractivity contribution in [2.75, 3.05) is 12.8 Å². The van der Waals surface area contributed by atoms with Crippen molar-refractivity contribution in [1.29, 1.82) is 0 Å². The van der Waals surface area contributed by atoms with Gasteiger partial charge in [0.05, 0.1) is 0 Å². The molecule has 0 aromatic heterocycles. The highest BCUT2D eigenvalue weighted by Gasteiger charge is 2.21. The maximum atomic E-state index is 6.25. The van der Waals surface area contributed by atoms with Crippen molar-refractivity contribution in [1.82, 2.24) is 5.32 Å². The monoisotopic (exact) mass is 261 g/mol. The van der Waals surface area contributed by atoms with Crippen molar-refractivity contribution in [2.45, 2.75) is 18.2 Å². The van der Waals surface area contributed by atoms with Gasteiger partial charge in [-0.1, -0.05) is 23.2 Å².